The fraction of sp³-hybridized carbons (Fsp3) is 0.222. The first-order chi connectivity index (χ1) is 12.0. The van der Waals surface area contributed by atoms with Gasteiger partial charge in [-0.1, -0.05) is 13.0 Å². The average molecular weight is 349 g/mol. The second-order valence-corrected chi connectivity index (χ2v) is 5.09. The van der Waals surface area contributed by atoms with E-state index in [4.69, 9.17) is 9.47 Å². The molecule has 132 valence electrons. The van der Waals surface area contributed by atoms with Crippen LogP contribution in [-0.2, 0) is 9.53 Å². The van der Waals surface area contributed by atoms with E-state index < -0.39 is 35.8 Å². The van der Waals surface area contributed by atoms with E-state index in [-0.39, 0.29) is 5.56 Å². The second kappa shape index (κ2) is 8.77. The summed E-state index contributed by atoms with van der Waals surface area (Å²) < 4.78 is 37.1. The fourth-order valence-corrected chi connectivity index (χ4v) is 1.91. The molecule has 0 atom stereocenters. The molecule has 0 spiro atoms. The number of carbonyl (C=O) groups excluding carboxylic acids is 2. The molecule has 2 rings (SSSR count). The van der Waals surface area contributed by atoms with Crippen molar-refractivity contribution in [2.45, 2.75) is 13.3 Å². The first-order valence-electron chi connectivity index (χ1n) is 7.65. The molecule has 0 aliphatic heterocycles. The van der Waals surface area contributed by atoms with Crippen molar-refractivity contribution in [1.82, 2.24) is 0 Å². The van der Waals surface area contributed by atoms with Crippen LogP contribution >= 0.6 is 0 Å². The van der Waals surface area contributed by atoms with Gasteiger partial charge in [-0.25, -0.2) is 13.6 Å². The van der Waals surface area contributed by atoms with E-state index in [1.54, 1.807) is 12.1 Å². The zero-order valence-corrected chi connectivity index (χ0v) is 13.6. The molecule has 0 aliphatic rings. The van der Waals surface area contributed by atoms with Crippen LogP contribution in [0.5, 0.6) is 5.75 Å². The number of anilines is 1. The normalized spacial score (nSPS) is 10.2. The van der Waals surface area contributed by atoms with Crippen molar-refractivity contribution in [2.75, 3.05) is 18.5 Å². The maximum absolute atomic E-state index is 13.4. The van der Waals surface area contributed by atoms with Crippen molar-refractivity contribution < 1.29 is 27.8 Å². The maximum Gasteiger partial charge on any atom is 0.338 e. The third-order valence-electron chi connectivity index (χ3n) is 3.12. The van der Waals surface area contributed by atoms with Crippen molar-refractivity contribution in [2.24, 2.45) is 0 Å². The van der Waals surface area contributed by atoms with E-state index in [0.717, 1.165) is 18.6 Å². The summed E-state index contributed by atoms with van der Waals surface area (Å²) in [6.45, 7) is 1.88. The van der Waals surface area contributed by atoms with E-state index in [2.05, 4.69) is 0 Å². The molecule has 1 amide bonds. The highest BCUT2D eigenvalue weighted by molar-refractivity contribution is 5.95. The minimum absolute atomic E-state index is 0.230. The summed E-state index contributed by atoms with van der Waals surface area (Å²) in [5.41, 5.74) is -0.352. The lowest BCUT2D eigenvalue weighted by molar-refractivity contribution is -0.119. The van der Waals surface area contributed by atoms with Gasteiger partial charge in [0, 0.05) is 0 Å². The quantitative estimate of drug-likeness (QED) is 0.777. The molecular weight excluding hydrogens is 332 g/mol. The summed E-state index contributed by atoms with van der Waals surface area (Å²) in [6, 6.07) is 9.42. The Bertz CT molecular complexity index is 727. The standard InChI is InChI=1S/C18H17F2NO4/c1-2-10-24-13-8-6-12(7-9-13)18(23)25-11-16(22)21-17-14(19)4-3-5-15(17)20/h3-9H,2,10-11H2,1H3,(H,21,22). The predicted octanol–water partition coefficient (Wildman–Crippen LogP) is 3.55. The highest BCUT2D eigenvalue weighted by atomic mass is 19.1. The predicted molar refractivity (Wildman–Crippen MR) is 87.5 cm³/mol. The molecule has 7 heteroatoms. The SMILES string of the molecule is CCCOc1ccc(C(=O)OCC(=O)Nc2c(F)cccc2F)cc1. The molecule has 0 aromatic heterocycles. The van der Waals surface area contributed by atoms with Crippen LogP contribution in [0.1, 0.15) is 23.7 Å². The second-order valence-electron chi connectivity index (χ2n) is 5.09. The molecular formula is C18H17F2NO4. The Morgan fingerprint density at radius 1 is 1.04 bits per heavy atom. The molecule has 0 saturated heterocycles. The molecule has 1 N–H and O–H groups in total. The number of benzene rings is 2. The van der Waals surface area contributed by atoms with Gasteiger partial charge in [-0.05, 0) is 42.8 Å². The molecule has 25 heavy (non-hydrogen) atoms. The number of para-hydroxylation sites is 1. The Morgan fingerprint density at radius 2 is 1.68 bits per heavy atom. The molecule has 0 aliphatic carbocycles. The number of hydrogen-bond acceptors (Lipinski definition) is 4. The lowest BCUT2D eigenvalue weighted by Gasteiger charge is -2.09. The Labute approximate surface area is 143 Å². The zero-order chi connectivity index (χ0) is 18.2. The minimum atomic E-state index is -0.914. The van der Waals surface area contributed by atoms with E-state index in [1.165, 1.54) is 18.2 Å². The Balaban J connectivity index is 1.88. The number of hydrogen-bond donors (Lipinski definition) is 1. The molecule has 0 unspecified atom stereocenters. The summed E-state index contributed by atoms with van der Waals surface area (Å²) in [6.07, 6.45) is 0.863. The molecule has 0 heterocycles. The Kier molecular flexibility index (Phi) is 6.45. The molecule has 2 aromatic rings. The van der Waals surface area contributed by atoms with Crippen LogP contribution in [-0.4, -0.2) is 25.1 Å². The van der Waals surface area contributed by atoms with Crippen LogP contribution < -0.4 is 10.1 Å². The summed E-state index contributed by atoms with van der Waals surface area (Å²) in [4.78, 5) is 23.6. The van der Waals surface area contributed by atoms with Crippen LogP contribution in [0.4, 0.5) is 14.5 Å². The highest BCUT2D eigenvalue weighted by Crippen LogP contribution is 2.18. The number of halogens is 2. The van der Waals surface area contributed by atoms with Crippen LogP contribution in [0.3, 0.4) is 0 Å². The number of rotatable bonds is 7. The number of esters is 1. The van der Waals surface area contributed by atoms with Gasteiger partial charge in [0.05, 0.1) is 12.2 Å². The van der Waals surface area contributed by atoms with Crippen LogP contribution in [0.2, 0.25) is 0 Å². The monoisotopic (exact) mass is 349 g/mol. The van der Waals surface area contributed by atoms with Crippen LogP contribution in [0.15, 0.2) is 42.5 Å². The lowest BCUT2D eigenvalue weighted by Crippen LogP contribution is -2.22. The number of carbonyl (C=O) groups is 2. The van der Waals surface area contributed by atoms with E-state index >= 15 is 0 Å². The van der Waals surface area contributed by atoms with Gasteiger partial charge in [-0.15, -0.1) is 0 Å². The van der Waals surface area contributed by atoms with Gasteiger partial charge in [0.2, 0.25) is 0 Å². The summed E-state index contributed by atoms with van der Waals surface area (Å²) in [5, 5.41) is 2.03. The Morgan fingerprint density at radius 3 is 2.28 bits per heavy atom. The smallest absolute Gasteiger partial charge is 0.338 e. The van der Waals surface area contributed by atoms with Crippen LogP contribution in [0, 0.1) is 11.6 Å². The fourth-order valence-electron chi connectivity index (χ4n) is 1.91. The maximum atomic E-state index is 13.4. The highest BCUT2D eigenvalue weighted by Gasteiger charge is 2.14. The average Bonchev–Trinajstić information content (AvgIpc) is 2.61. The first-order valence-corrected chi connectivity index (χ1v) is 7.65. The number of nitrogens with one attached hydrogen (secondary N) is 1. The molecule has 0 radical (unpaired) electrons. The third-order valence-corrected chi connectivity index (χ3v) is 3.12. The molecule has 0 bridgehead atoms. The summed E-state index contributed by atoms with van der Waals surface area (Å²) in [5.74, 6) is -2.79. The van der Waals surface area contributed by atoms with E-state index in [1.807, 2.05) is 12.2 Å². The van der Waals surface area contributed by atoms with Gasteiger partial charge >= 0.3 is 5.97 Å². The molecule has 5 nitrogen and oxygen atoms in total. The van der Waals surface area contributed by atoms with Gasteiger partial charge in [-0.3, -0.25) is 4.79 Å². The molecule has 0 saturated carbocycles. The zero-order valence-electron chi connectivity index (χ0n) is 13.6. The van der Waals surface area contributed by atoms with Crippen molar-refractivity contribution in [3.63, 3.8) is 0 Å². The topological polar surface area (TPSA) is 64.6 Å². The van der Waals surface area contributed by atoms with Gasteiger partial charge < -0.3 is 14.8 Å². The number of amides is 1. The van der Waals surface area contributed by atoms with Crippen molar-refractivity contribution >= 4 is 17.6 Å². The summed E-state index contributed by atoms with van der Waals surface area (Å²) in [7, 11) is 0. The summed E-state index contributed by atoms with van der Waals surface area (Å²) >= 11 is 0. The minimum Gasteiger partial charge on any atom is -0.494 e. The van der Waals surface area contributed by atoms with Crippen molar-refractivity contribution in [3.05, 3.63) is 59.7 Å². The first kappa shape index (κ1) is 18.4. The number of ether oxygens (including phenoxy) is 2. The molecule has 2 aromatic carbocycles. The van der Waals surface area contributed by atoms with Crippen molar-refractivity contribution in [1.29, 1.82) is 0 Å². The van der Waals surface area contributed by atoms with E-state index in [9.17, 15) is 18.4 Å². The van der Waals surface area contributed by atoms with Gasteiger partial charge in [0.15, 0.2) is 6.61 Å². The van der Waals surface area contributed by atoms with E-state index in [0.29, 0.717) is 12.4 Å². The van der Waals surface area contributed by atoms with Gasteiger partial charge in [0.25, 0.3) is 5.91 Å². The van der Waals surface area contributed by atoms with Crippen LogP contribution in [0.25, 0.3) is 0 Å². The van der Waals surface area contributed by atoms with Gasteiger partial charge in [-0.2, -0.15) is 0 Å². The Hall–Kier alpha value is -2.96. The van der Waals surface area contributed by atoms with Gasteiger partial charge in [0.1, 0.15) is 23.1 Å². The largest absolute Gasteiger partial charge is 0.494 e. The van der Waals surface area contributed by atoms with Crippen molar-refractivity contribution in [3.8, 4) is 5.75 Å². The lowest BCUT2D eigenvalue weighted by atomic mass is 10.2. The molecule has 0 fully saturated rings. The third kappa shape index (κ3) is 5.27.